The van der Waals surface area contributed by atoms with Gasteiger partial charge in [0, 0.05) is 6.42 Å². The molecular formula is C28H51NO5S. The maximum Gasteiger partial charge on any atom is 0.267 e. The van der Waals surface area contributed by atoms with Crippen LogP contribution in [0.2, 0.25) is 0 Å². The first-order valence-corrected chi connectivity index (χ1v) is 15.3. The van der Waals surface area contributed by atoms with Crippen molar-refractivity contribution in [2.24, 2.45) is 0 Å². The largest absolute Gasteiger partial charge is 0.387 e. The second-order valence-electron chi connectivity index (χ2n) is 9.31. The van der Waals surface area contributed by atoms with Crippen LogP contribution < -0.4 is 5.32 Å². The Bertz CT molecular complexity index is 700. The Balaban J connectivity index is 4.28. The number of amides is 1. The lowest BCUT2D eigenvalue weighted by molar-refractivity contribution is -0.122. The van der Waals surface area contributed by atoms with Gasteiger partial charge in [0.25, 0.3) is 10.1 Å². The summed E-state index contributed by atoms with van der Waals surface area (Å²) in [7, 11) is -4.33. The van der Waals surface area contributed by atoms with E-state index in [0.717, 1.165) is 51.4 Å². The molecule has 2 unspecified atom stereocenters. The highest BCUT2D eigenvalue weighted by Gasteiger charge is 2.24. The molecule has 0 saturated carbocycles. The third-order valence-electron chi connectivity index (χ3n) is 5.80. The van der Waals surface area contributed by atoms with Gasteiger partial charge >= 0.3 is 0 Å². The molecule has 0 fully saturated rings. The van der Waals surface area contributed by atoms with Crippen molar-refractivity contribution in [1.82, 2.24) is 5.32 Å². The normalized spacial score (nSPS) is 14.3. The van der Waals surface area contributed by atoms with Gasteiger partial charge in [-0.1, -0.05) is 102 Å². The van der Waals surface area contributed by atoms with Gasteiger partial charge in [0.05, 0.1) is 17.9 Å². The number of rotatable bonds is 23. The molecule has 1 amide bonds. The fraction of sp³-hybridized carbons (Fsp3) is 0.750. The number of hydrogen-bond donors (Lipinski definition) is 3. The van der Waals surface area contributed by atoms with Crippen LogP contribution in [-0.2, 0) is 14.9 Å². The van der Waals surface area contributed by atoms with E-state index in [0.29, 0.717) is 6.42 Å². The summed E-state index contributed by atoms with van der Waals surface area (Å²) < 4.78 is 31.9. The summed E-state index contributed by atoms with van der Waals surface area (Å²) in [6.45, 7) is 4.38. The zero-order chi connectivity index (χ0) is 26.2. The van der Waals surface area contributed by atoms with Crippen molar-refractivity contribution < 1.29 is 22.9 Å². The average molecular weight is 514 g/mol. The molecular weight excluding hydrogens is 462 g/mol. The number of hydrogen-bond acceptors (Lipinski definition) is 4. The molecule has 0 saturated heterocycles. The maximum absolute atomic E-state index is 12.2. The second kappa shape index (κ2) is 23.0. The van der Waals surface area contributed by atoms with Crippen LogP contribution in [0.25, 0.3) is 0 Å². The van der Waals surface area contributed by atoms with E-state index < -0.39 is 28.0 Å². The number of carbonyl (C=O) groups excluding carboxylic acids is 1. The van der Waals surface area contributed by atoms with E-state index >= 15 is 0 Å². The standard InChI is InChI=1S/C28H51NO5S/c1-3-5-7-9-11-12-13-14-15-16-18-19-21-23-27(30)26(25-35(32,33)34)29-28(31)24-22-20-17-10-8-6-4-2/h11-12,15-16,21,23,26-27,30H,3-10,13-14,17-20,22,24-25H2,1-2H3,(H,29,31)(H,32,33,34)/b12-11+,16-15+,23-21+. The van der Waals surface area contributed by atoms with E-state index in [1.807, 2.05) is 0 Å². The van der Waals surface area contributed by atoms with Crippen molar-refractivity contribution in [3.8, 4) is 0 Å². The maximum atomic E-state index is 12.2. The molecule has 0 radical (unpaired) electrons. The molecule has 35 heavy (non-hydrogen) atoms. The summed E-state index contributed by atoms with van der Waals surface area (Å²) in [5.41, 5.74) is 0. The Hall–Kier alpha value is -1.44. The van der Waals surface area contributed by atoms with Crippen LogP contribution >= 0.6 is 0 Å². The fourth-order valence-electron chi connectivity index (χ4n) is 3.71. The molecule has 0 aliphatic rings. The number of unbranched alkanes of at least 4 members (excludes halogenated alkanes) is 11. The van der Waals surface area contributed by atoms with Crippen LogP contribution in [0.4, 0.5) is 0 Å². The van der Waals surface area contributed by atoms with Crippen LogP contribution in [0.1, 0.15) is 117 Å². The smallest absolute Gasteiger partial charge is 0.267 e. The van der Waals surface area contributed by atoms with Gasteiger partial charge in [0.15, 0.2) is 0 Å². The van der Waals surface area contributed by atoms with Gasteiger partial charge in [-0.3, -0.25) is 9.35 Å². The summed E-state index contributed by atoms with van der Waals surface area (Å²) in [6, 6.07) is -1.07. The molecule has 0 aromatic rings. The molecule has 0 bridgehead atoms. The summed E-state index contributed by atoms with van der Waals surface area (Å²) in [6.07, 6.45) is 27.2. The van der Waals surface area contributed by atoms with Crippen LogP contribution in [-0.4, -0.2) is 41.9 Å². The van der Waals surface area contributed by atoms with Gasteiger partial charge in [-0.05, 0) is 44.9 Å². The molecule has 7 heteroatoms. The molecule has 0 heterocycles. The fourth-order valence-corrected chi connectivity index (χ4v) is 4.45. The molecule has 0 rings (SSSR count). The van der Waals surface area contributed by atoms with E-state index in [9.17, 15) is 22.9 Å². The lowest BCUT2D eigenvalue weighted by atomic mass is 10.1. The van der Waals surface area contributed by atoms with Gasteiger partial charge < -0.3 is 10.4 Å². The topological polar surface area (TPSA) is 104 Å². The Kier molecular flexibility index (Phi) is 22.0. The SMILES string of the molecule is CCCCC/C=C/CC/C=C/CC/C=C/C(O)C(CS(=O)(=O)O)NC(=O)CCCCCCCCC. The first-order chi connectivity index (χ1) is 16.8. The Morgan fingerprint density at radius 2 is 1.23 bits per heavy atom. The predicted molar refractivity (Wildman–Crippen MR) is 147 cm³/mol. The van der Waals surface area contributed by atoms with Gasteiger partial charge in [-0.25, -0.2) is 0 Å². The summed E-state index contributed by atoms with van der Waals surface area (Å²) in [5, 5.41) is 13.0. The Labute approximate surface area is 215 Å². The lowest BCUT2D eigenvalue weighted by Crippen LogP contribution is -2.46. The van der Waals surface area contributed by atoms with Crippen LogP contribution in [0.3, 0.4) is 0 Å². The minimum Gasteiger partial charge on any atom is -0.387 e. The average Bonchev–Trinajstić information content (AvgIpc) is 2.80. The lowest BCUT2D eigenvalue weighted by Gasteiger charge is -2.21. The summed E-state index contributed by atoms with van der Waals surface area (Å²) >= 11 is 0. The van der Waals surface area contributed by atoms with E-state index in [4.69, 9.17) is 0 Å². The van der Waals surface area contributed by atoms with Gasteiger partial charge in [-0.2, -0.15) is 8.42 Å². The van der Waals surface area contributed by atoms with Crippen molar-refractivity contribution in [3.05, 3.63) is 36.5 Å². The van der Waals surface area contributed by atoms with Crippen LogP contribution in [0.15, 0.2) is 36.5 Å². The highest BCUT2D eigenvalue weighted by atomic mass is 32.2. The summed E-state index contributed by atoms with van der Waals surface area (Å²) in [4.78, 5) is 12.2. The quantitative estimate of drug-likeness (QED) is 0.0804. The zero-order valence-electron chi connectivity index (χ0n) is 22.2. The first-order valence-electron chi connectivity index (χ1n) is 13.7. The van der Waals surface area contributed by atoms with E-state index in [2.05, 4.69) is 43.5 Å². The van der Waals surface area contributed by atoms with Crippen LogP contribution in [0, 0.1) is 0 Å². The van der Waals surface area contributed by atoms with Gasteiger partial charge in [0.2, 0.25) is 5.91 Å². The molecule has 0 aliphatic heterocycles. The van der Waals surface area contributed by atoms with Gasteiger partial charge in [-0.15, -0.1) is 0 Å². The number of aliphatic hydroxyl groups is 1. The van der Waals surface area contributed by atoms with Crippen molar-refractivity contribution in [3.63, 3.8) is 0 Å². The molecule has 0 aromatic carbocycles. The third kappa shape index (κ3) is 24.0. The molecule has 6 nitrogen and oxygen atoms in total. The highest BCUT2D eigenvalue weighted by molar-refractivity contribution is 7.85. The molecule has 2 atom stereocenters. The highest BCUT2D eigenvalue weighted by Crippen LogP contribution is 2.09. The molecule has 204 valence electrons. The Morgan fingerprint density at radius 3 is 1.80 bits per heavy atom. The molecule has 0 aliphatic carbocycles. The minimum absolute atomic E-state index is 0.283. The van der Waals surface area contributed by atoms with Gasteiger partial charge in [0.1, 0.15) is 0 Å². The van der Waals surface area contributed by atoms with Crippen molar-refractivity contribution >= 4 is 16.0 Å². The molecule has 0 spiro atoms. The number of nitrogens with one attached hydrogen (secondary N) is 1. The van der Waals surface area contributed by atoms with Crippen molar-refractivity contribution in [2.45, 2.75) is 129 Å². The Morgan fingerprint density at radius 1 is 0.743 bits per heavy atom. The van der Waals surface area contributed by atoms with Crippen molar-refractivity contribution in [2.75, 3.05) is 5.75 Å². The van der Waals surface area contributed by atoms with E-state index in [1.165, 1.54) is 44.6 Å². The number of allylic oxidation sites excluding steroid dienone is 5. The zero-order valence-corrected chi connectivity index (χ0v) is 23.0. The monoisotopic (exact) mass is 513 g/mol. The van der Waals surface area contributed by atoms with E-state index in [-0.39, 0.29) is 12.3 Å². The predicted octanol–water partition coefficient (Wildman–Crippen LogP) is 6.67. The number of aliphatic hydroxyl groups excluding tert-OH is 1. The first kappa shape index (κ1) is 33.6. The number of carbonyl (C=O) groups is 1. The van der Waals surface area contributed by atoms with E-state index in [1.54, 1.807) is 6.08 Å². The second-order valence-corrected chi connectivity index (χ2v) is 10.8. The molecule has 3 N–H and O–H groups in total. The van der Waals surface area contributed by atoms with Crippen LogP contribution in [0.5, 0.6) is 0 Å². The third-order valence-corrected chi connectivity index (χ3v) is 6.58. The molecule has 0 aromatic heterocycles. The summed E-state index contributed by atoms with van der Waals surface area (Å²) in [5.74, 6) is -1.02. The minimum atomic E-state index is -4.33. The van der Waals surface area contributed by atoms with Crippen molar-refractivity contribution in [1.29, 1.82) is 0 Å².